The number of carboxylic acids is 1. The van der Waals surface area contributed by atoms with E-state index < -0.39 is 29.8 Å². The summed E-state index contributed by atoms with van der Waals surface area (Å²) in [7, 11) is 0. The van der Waals surface area contributed by atoms with Gasteiger partial charge in [0.2, 0.25) is 0 Å². The molecular weight excluding hydrogens is 368 g/mol. The molecule has 0 aliphatic carbocycles. The minimum atomic E-state index is -0.928. The van der Waals surface area contributed by atoms with Gasteiger partial charge in [0.1, 0.15) is 0 Å². The van der Waals surface area contributed by atoms with Crippen LogP contribution < -0.4 is 5.73 Å². The molecule has 0 spiro atoms. The fraction of sp³-hybridized carbons (Fsp3) is 0.667. The van der Waals surface area contributed by atoms with Crippen molar-refractivity contribution < 1.29 is 48.9 Å². The van der Waals surface area contributed by atoms with Gasteiger partial charge in [-0.25, -0.2) is 9.59 Å². The number of unbranched alkanes of at least 4 members (excludes halogenated alkanes) is 1. The summed E-state index contributed by atoms with van der Waals surface area (Å²) in [5.41, 5.74) is 4.54. The largest absolute Gasteiger partial charge is 0.481 e. The van der Waals surface area contributed by atoms with Crippen LogP contribution in [-0.4, -0.2) is 70.0 Å². The Kier molecular flexibility index (Phi) is 16.4. The molecule has 1 heterocycles. The molecule has 0 aromatic heterocycles. The van der Waals surface area contributed by atoms with Crippen LogP contribution in [0.1, 0.15) is 45.4 Å². The van der Waals surface area contributed by atoms with E-state index in [9.17, 15) is 24.0 Å². The number of amides is 3. The number of primary amides is 1. The molecule has 0 aromatic rings. The Morgan fingerprint density at radius 1 is 1.04 bits per heavy atom. The molecule has 12 heteroatoms. The molecule has 0 unspecified atom stereocenters. The average Bonchev–Trinajstić information content (AvgIpc) is 2.91. The summed E-state index contributed by atoms with van der Waals surface area (Å²) in [4.78, 5) is 57.8. The van der Waals surface area contributed by atoms with Crippen LogP contribution in [0.3, 0.4) is 0 Å². The molecular formula is C15H26N2O10. The lowest BCUT2D eigenvalue weighted by Crippen LogP contribution is -2.31. The normalized spacial score (nSPS) is 12.3. The van der Waals surface area contributed by atoms with Gasteiger partial charge in [0.25, 0.3) is 11.8 Å². The van der Waals surface area contributed by atoms with Crippen LogP contribution in [0.4, 0.5) is 4.79 Å². The van der Waals surface area contributed by atoms with Crippen molar-refractivity contribution in [2.24, 2.45) is 5.73 Å². The number of hydrogen-bond donors (Lipinski definition) is 4. The number of hydrogen-bond acceptors (Lipinski definition) is 9. The molecule has 0 saturated carbocycles. The zero-order chi connectivity index (χ0) is 21.2. The minimum Gasteiger partial charge on any atom is -0.481 e. The van der Waals surface area contributed by atoms with Gasteiger partial charge >= 0.3 is 18.0 Å². The number of carbonyl (C=O) groups excluding carboxylic acids is 4. The van der Waals surface area contributed by atoms with Crippen LogP contribution in [0.5, 0.6) is 0 Å². The maximum Gasteiger partial charge on any atom is 0.404 e. The van der Waals surface area contributed by atoms with Crippen molar-refractivity contribution in [3.05, 3.63) is 0 Å². The maximum atomic E-state index is 11.2. The summed E-state index contributed by atoms with van der Waals surface area (Å²) in [5.74, 6) is -2.66. The molecule has 156 valence electrons. The highest BCUT2D eigenvalue weighted by Crippen LogP contribution is 2.13. The van der Waals surface area contributed by atoms with Gasteiger partial charge in [0.15, 0.2) is 0 Å². The molecule has 1 aliphatic rings. The zero-order valence-electron chi connectivity index (χ0n) is 15.1. The number of hydroxylamine groups is 2. The van der Waals surface area contributed by atoms with Gasteiger partial charge in [0.05, 0.1) is 19.8 Å². The topological polar surface area (TPSA) is 194 Å². The number of aliphatic hydroxyl groups excluding tert-OH is 2. The molecule has 0 bridgehead atoms. The second-order valence-electron chi connectivity index (χ2n) is 4.85. The van der Waals surface area contributed by atoms with Crippen molar-refractivity contribution >= 4 is 29.8 Å². The molecule has 1 aliphatic heterocycles. The number of nitrogens with zero attached hydrogens (tertiary/aromatic N) is 1. The third kappa shape index (κ3) is 16.5. The van der Waals surface area contributed by atoms with E-state index in [1.165, 1.54) is 0 Å². The summed E-state index contributed by atoms with van der Waals surface area (Å²) in [6, 6.07) is 0. The van der Waals surface area contributed by atoms with Gasteiger partial charge in [-0.1, -0.05) is 0 Å². The van der Waals surface area contributed by atoms with Crippen LogP contribution in [0.2, 0.25) is 0 Å². The van der Waals surface area contributed by atoms with E-state index in [1.807, 2.05) is 0 Å². The first-order valence-corrected chi connectivity index (χ1v) is 8.11. The number of carbonyl (C=O) groups is 5. The van der Waals surface area contributed by atoms with Crippen LogP contribution in [0.15, 0.2) is 0 Å². The summed E-state index contributed by atoms with van der Waals surface area (Å²) in [6.07, 6.45) is 0.0841. The Balaban J connectivity index is 0. The van der Waals surface area contributed by atoms with E-state index >= 15 is 0 Å². The standard InChI is InChI=1S/C10H13NO6.C3H7NO2.C2H6O2/c12-7-5-6-8(13)11(7)17-10(16)4-2-1-3-9(14)15;1-2-6-3(4)5;3-1-2-4/h1-6H2,(H,14,15);2H2,1H3,(H2,4,5);3-4H,1-2H2. The first kappa shape index (κ1) is 26.5. The fourth-order valence-corrected chi connectivity index (χ4v) is 1.49. The maximum absolute atomic E-state index is 11.2. The van der Waals surface area contributed by atoms with Crippen molar-refractivity contribution in [2.45, 2.75) is 45.4 Å². The van der Waals surface area contributed by atoms with Crippen molar-refractivity contribution in [3.63, 3.8) is 0 Å². The van der Waals surface area contributed by atoms with E-state index in [1.54, 1.807) is 6.92 Å². The summed E-state index contributed by atoms with van der Waals surface area (Å²) >= 11 is 0. The highest BCUT2D eigenvalue weighted by molar-refractivity contribution is 6.01. The molecule has 5 N–H and O–H groups in total. The number of aliphatic carboxylic acids is 1. The number of rotatable bonds is 8. The number of aliphatic hydroxyl groups is 2. The Morgan fingerprint density at radius 3 is 1.85 bits per heavy atom. The number of nitrogens with two attached hydrogens (primary N) is 1. The highest BCUT2D eigenvalue weighted by Gasteiger charge is 2.32. The molecule has 1 saturated heterocycles. The van der Waals surface area contributed by atoms with Crippen LogP contribution >= 0.6 is 0 Å². The summed E-state index contributed by atoms with van der Waals surface area (Å²) in [6.45, 7) is 1.81. The molecule has 27 heavy (non-hydrogen) atoms. The van der Waals surface area contributed by atoms with Crippen LogP contribution in [-0.2, 0) is 28.8 Å². The highest BCUT2D eigenvalue weighted by atomic mass is 16.7. The second-order valence-corrected chi connectivity index (χ2v) is 4.85. The van der Waals surface area contributed by atoms with Gasteiger partial charge in [-0.3, -0.25) is 14.4 Å². The van der Waals surface area contributed by atoms with E-state index in [0.717, 1.165) is 0 Å². The predicted octanol–water partition coefficient (Wildman–Crippen LogP) is -0.689. The van der Waals surface area contributed by atoms with Gasteiger partial charge in [-0.2, -0.15) is 0 Å². The second kappa shape index (κ2) is 16.7. The zero-order valence-corrected chi connectivity index (χ0v) is 15.1. The van der Waals surface area contributed by atoms with E-state index in [4.69, 9.17) is 15.3 Å². The Bertz CT molecular complexity index is 477. The van der Waals surface area contributed by atoms with Gasteiger partial charge in [-0.15, -0.1) is 5.06 Å². The smallest absolute Gasteiger partial charge is 0.404 e. The number of carboxylic acid groups (broad SMARTS) is 1. The monoisotopic (exact) mass is 394 g/mol. The Hall–Kier alpha value is -2.73. The van der Waals surface area contributed by atoms with E-state index in [0.29, 0.717) is 24.5 Å². The molecule has 0 atom stereocenters. The van der Waals surface area contributed by atoms with Crippen molar-refractivity contribution in [2.75, 3.05) is 19.8 Å². The lowest BCUT2D eigenvalue weighted by molar-refractivity contribution is -0.197. The SMILES string of the molecule is CCOC(N)=O.O=C(O)CCCCC(=O)ON1C(=O)CCC1=O.OCCO. The van der Waals surface area contributed by atoms with Crippen molar-refractivity contribution in [3.8, 4) is 0 Å². The first-order valence-electron chi connectivity index (χ1n) is 8.11. The molecule has 1 rings (SSSR count). The predicted molar refractivity (Wildman–Crippen MR) is 88.7 cm³/mol. The summed E-state index contributed by atoms with van der Waals surface area (Å²) < 4.78 is 4.18. The molecule has 1 fully saturated rings. The Labute approximate surface area is 155 Å². The van der Waals surface area contributed by atoms with Crippen LogP contribution in [0, 0.1) is 0 Å². The molecule has 0 aromatic carbocycles. The van der Waals surface area contributed by atoms with Crippen molar-refractivity contribution in [1.82, 2.24) is 5.06 Å². The molecule has 12 nitrogen and oxygen atoms in total. The van der Waals surface area contributed by atoms with Gasteiger partial charge < -0.3 is 30.6 Å². The minimum absolute atomic E-state index is 0.00958. The first-order chi connectivity index (χ1) is 12.7. The van der Waals surface area contributed by atoms with E-state index in [-0.39, 0.29) is 38.9 Å². The summed E-state index contributed by atoms with van der Waals surface area (Å²) in [5, 5.41) is 24.1. The van der Waals surface area contributed by atoms with Crippen LogP contribution in [0.25, 0.3) is 0 Å². The quantitative estimate of drug-likeness (QED) is 0.302. The fourth-order valence-electron chi connectivity index (χ4n) is 1.49. The van der Waals surface area contributed by atoms with E-state index in [2.05, 4.69) is 15.3 Å². The lowest BCUT2D eigenvalue weighted by Gasteiger charge is -2.12. The third-order valence-electron chi connectivity index (χ3n) is 2.61. The Morgan fingerprint density at radius 2 is 1.52 bits per heavy atom. The lowest BCUT2D eigenvalue weighted by atomic mass is 10.2. The third-order valence-corrected chi connectivity index (χ3v) is 2.61. The van der Waals surface area contributed by atoms with Gasteiger partial charge in [-0.05, 0) is 19.8 Å². The van der Waals surface area contributed by atoms with Gasteiger partial charge in [0, 0.05) is 25.7 Å². The number of imide groups is 1. The molecule has 0 radical (unpaired) electrons. The van der Waals surface area contributed by atoms with Crippen molar-refractivity contribution in [1.29, 1.82) is 0 Å². The average molecular weight is 394 g/mol. The number of ether oxygens (including phenoxy) is 1. The molecule has 3 amide bonds.